The van der Waals surface area contributed by atoms with Gasteiger partial charge in [-0.05, 0) is 31.9 Å². The highest BCUT2D eigenvalue weighted by Gasteiger charge is 2.16. The average molecular weight is 233 g/mol. The van der Waals surface area contributed by atoms with Crippen LogP contribution in [0.4, 0.5) is 11.4 Å². The third-order valence-corrected chi connectivity index (χ3v) is 4.02. The summed E-state index contributed by atoms with van der Waals surface area (Å²) in [4.78, 5) is 6.89. The highest BCUT2D eigenvalue weighted by atomic mass is 32.1. The molecule has 0 amide bonds. The SMILES string of the molecule is Cc1nc2cc(N3CCCC3)c(N)cc2s1. The van der Waals surface area contributed by atoms with Gasteiger partial charge in [0.1, 0.15) is 0 Å². The van der Waals surface area contributed by atoms with Gasteiger partial charge in [0.25, 0.3) is 0 Å². The van der Waals surface area contributed by atoms with Crippen molar-refractivity contribution in [2.75, 3.05) is 23.7 Å². The molecule has 1 aliphatic rings. The van der Waals surface area contributed by atoms with Crippen LogP contribution in [0.3, 0.4) is 0 Å². The van der Waals surface area contributed by atoms with Crippen LogP contribution >= 0.6 is 11.3 Å². The first-order valence-corrected chi connectivity index (χ1v) is 6.47. The predicted molar refractivity (Wildman–Crippen MR) is 70.2 cm³/mol. The first-order chi connectivity index (χ1) is 7.74. The fraction of sp³-hybridized carbons (Fsp3) is 0.417. The summed E-state index contributed by atoms with van der Waals surface area (Å²) in [6, 6.07) is 4.20. The second-order valence-corrected chi connectivity index (χ2v) is 5.54. The van der Waals surface area contributed by atoms with Crippen LogP contribution in [0.1, 0.15) is 17.8 Å². The minimum atomic E-state index is 0.887. The zero-order valence-corrected chi connectivity index (χ0v) is 10.2. The molecule has 3 rings (SSSR count). The van der Waals surface area contributed by atoms with Gasteiger partial charge < -0.3 is 10.6 Å². The molecule has 1 saturated heterocycles. The van der Waals surface area contributed by atoms with Gasteiger partial charge in [0.15, 0.2) is 0 Å². The van der Waals surface area contributed by atoms with Crippen molar-refractivity contribution in [3.8, 4) is 0 Å². The van der Waals surface area contributed by atoms with E-state index in [2.05, 4.69) is 22.0 Å². The maximum atomic E-state index is 6.11. The predicted octanol–water partition coefficient (Wildman–Crippen LogP) is 2.79. The summed E-state index contributed by atoms with van der Waals surface area (Å²) in [5, 5.41) is 1.10. The number of benzene rings is 1. The van der Waals surface area contributed by atoms with Gasteiger partial charge in [-0.15, -0.1) is 11.3 Å². The summed E-state index contributed by atoms with van der Waals surface area (Å²) in [5.74, 6) is 0. The van der Waals surface area contributed by atoms with E-state index in [4.69, 9.17) is 5.73 Å². The molecule has 2 aromatic rings. The Bertz CT molecular complexity index is 526. The number of rotatable bonds is 1. The number of nitrogen functional groups attached to an aromatic ring is 1. The third kappa shape index (κ3) is 1.53. The number of anilines is 2. The molecule has 0 saturated carbocycles. The minimum Gasteiger partial charge on any atom is -0.397 e. The number of aryl methyl sites for hydroxylation is 1. The number of hydrogen-bond acceptors (Lipinski definition) is 4. The normalized spacial score (nSPS) is 16.2. The summed E-state index contributed by atoms with van der Waals surface area (Å²) in [5.41, 5.74) is 9.24. The molecule has 0 spiro atoms. The molecule has 0 bridgehead atoms. The summed E-state index contributed by atoms with van der Waals surface area (Å²) >= 11 is 1.71. The van der Waals surface area contributed by atoms with Crippen molar-refractivity contribution in [3.63, 3.8) is 0 Å². The number of nitrogens with zero attached hydrogens (tertiary/aromatic N) is 2. The van der Waals surface area contributed by atoms with Crippen molar-refractivity contribution in [3.05, 3.63) is 17.1 Å². The lowest BCUT2D eigenvalue weighted by Crippen LogP contribution is -2.18. The van der Waals surface area contributed by atoms with Gasteiger partial charge in [0, 0.05) is 13.1 Å². The summed E-state index contributed by atoms with van der Waals surface area (Å²) in [6.07, 6.45) is 2.54. The van der Waals surface area contributed by atoms with E-state index in [9.17, 15) is 0 Å². The number of fused-ring (bicyclic) bond motifs is 1. The number of nitrogens with two attached hydrogens (primary N) is 1. The molecule has 84 valence electrons. The smallest absolute Gasteiger partial charge is 0.0907 e. The van der Waals surface area contributed by atoms with Crippen LogP contribution in [0.2, 0.25) is 0 Å². The van der Waals surface area contributed by atoms with Crippen LogP contribution in [-0.2, 0) is 0 Å². The van der Waals surface area contributed by atoms with Gasteiger partial charge in [-0.1, -0.05) is 0 Å². The standard InChI is InChI=1S/C12H15N3S/c1-8-14-10-7-11(15-4-2-3-5-15)9(13)6-12(10)16-8/h6-7H,2-5,13H2,1H3. The van der Waals surface area contributed by atoms with Crippen LogP contribution in [0, 0.1) is 6.92 Å². The maximum absolute atomic E-state index is 6.11. The summed E-state index contributed by atoms with van der Waals surface area (Å²) in [7, 11) is 0. The van der Waals surface area contributed by atoms with Crippen molar-refractivity contribution in [1.82, 2.24) is 4.98 Å². The number of aromatic nitrogens is 1. The van der Waals surface area contributed by atoms with Gasteiger partial charge >= 0.3 is 0 Å². The van der Waals surface area contributed by atoms with Crippen molar-refractivity contribution in [2.45, 2.75) is 19.8 Å². The molecule has 3 nitrogen and oxygen atoms in total. The first kappa shape index (κ1) is 9.90. The number of hydrogen-bond donors (Lipinski definition) is 1. The fourth-order valence-electron chi connectivity index (χ4n) is 2.33. The topological polar surface area (TPSA) is 42.2 Å². The molecule has 0 atom stereocenters. The van der Waals surface area contributed by atoms with E-state index in [-0.39, 0.29) is 0 Å². The molecule has 2 heterocycles. The molecular formula is C12H15N3S. The van der Waals surface area contributed by atoms with E-state index in [1.54, 1.807) is 11.3 Å². The van der Waals surface area contributed by atoms with E-state index in [0.717, 1.165) is 35.0 Å². The quantitative estimate of drug-likeness (QED) is 0.770. The Morgan fingerprint density at radius 1 is 1.31 bits per heavy atom. The summed E-state index contributed by atoms with van der Waals surface area (Å²) < 4.78 is 1.19. The molecule has 4 heteroatoms. The molecule has 1 aromatic heterocycles. The van der Waals surface area contributed by atoms with Crippen molar-refractivity contribution >= 4 is 32.9 Å². The molecule has 1 aliphatic heterocycles. The average Bonchev–Trinajstić information content (AvgIpc) is 2.83. The molecule has 1 fully saturated rings. The van der Waals surface area contributed by atoms with Crippen molar-refractivity contribution in [1.29, 1.82) is 0 Å². The lowest BCUT2D eigenvalue weighted by molar-refractivity contribution is 0.949. The molecule has 0 radical (unpaired) electrons. The van der Waals surface area contributed by atoms with Crippen LogP contribution < -0.4 is 10.6 Å². The zero-order chi connectivity index (χ0) is 11.1. The Balaban J connectivity index is 2.12. The highest BCUT2D eigenvalue weighted by Crippen LogP contribution is 2.33. The highest BCUT2D eigenvalue weighted by molar-refractivity contribution is 7.18. The molecule has 0 aliphatic carbocycles. The molecular weight excluding hydrogens is 218 g/mol. The molecule has 16 heavy (non-hydrogen) atoms. The Morgan fingerprint density at radius 2 is 2.06 bits per heavy atom. The zero-order valence-electron chi connectivity index (χ0n) is 9.36. The Kier molecular flexibility index (Phi) is 2.24. The van der Waals surface area contributed by atoms with Crippen molar-refractivity contribution in [2.24, 2.45) is 0 Å². The van der Waals surface area contributed by atoms with Crippen LogP contribution in [0.25, 0.3) is 10.2 Å². The van der Waals surface area contributed by atoms with Crippen molar-refractivity contribution < 1.29 is 0 Å². The molecule has 1 aromatic carbocycles. The van der Waals surface area contributed by atoms with Crippen LogP contribution in [0.5, 0.6) is 0 Å². The Hall–Kier alpha value is -1.29. The van der Waals surface area contributed by atoms with Crippen LogP contribution in [-0.4, -0.2) is 18.1 Å². The van der Waals surface area contributed by atoms with Gasteiger partial charge in [-0.25, -0.2) is 4.98 Å². The molecule has 0 unspecified atom stereocenters. The van der Waals surface area contributed by atoms with Crippen LogP contribution in [0.15, 0.2) is 12.1 Å². The lowest BCUT2D eigenvalue weighted by Gasteiger charge is -2.19. The minimum absolute atomic E-state index is 0.887. The van der Waals surface area contributed by atoms with Gasteiger partial charge in [-0.3, -0.25) is 0 Å². The monoisotopic (exact) mass is 233 g/mol. The third-order valence-electron chi connectivity index (χ3n) is 3.09. The van der Waals surface area contributed by atoms with E-state index in [1.165, 1.54) is 17.5 Å². The first-order valence-electron chi connectivity index (χ1n) is 5.65. The fourth-order valence-corrected chi connectivity index (χ4v) is 3.18. The maximum Gasteiger partial charge on any atom is 0.0907 e. The van der Waals surface area contributed by atoms with E-state index in [0.29, 0.717) is 0 Å². The second kappa shape index (κ2) is 3.63. The van der Waals surface area contributed by atoms with Gasteiger partial charge in [0.05, 0.1) is 26.6 Å². The van der Waals surface area contributed by atoms with E-state index in [1.807, 2.05) is 6.92 Å². The number of thiazole rings is 1. The Labute approximate surface area is 98.9 Å². The largest absolute Gasteiger partial charge is 0.397 e. The van der Waals surface area contributed by atoms with Gasteiger partial charge in [0.2, 0.25) is 0 Å². The van der Waals surface area contributed by atoms with E-state index >= 15 is 0 Å². The van der Waals surface area contributed by atoms with Gasteiger partial charge in [-0.2, -0.15) is 0 Å². The molecule has 2 N–H and O–H groups in total. The summed E-state index contributed by atoms with van der Waals surface area (Å²) in [6.45, 7) is 4.29. The lowest BCUT2D eigenvalue weighted by atomic mass is 10.2. The Morgan fingerprint density at radius 3 is 2.81 bits per heavy atom. The second-order valence-electron chi connectivity index (χ2n) is 4.31. The van der Waals surface area contributed by atoms with E-state index < -0.39 is 0 Å².